The summed E-state index contributed by atoms with van der Waals surface area (Å²) in [6.45, 7) is 6.23. The molecule has 168 valence electrons. The van der Waals surface area contributed by atoms with Gasteiger partial charge in [0.05, 0.1) is 7.11 Å². The maximum Gasteiger partial charge on any atom is 0.411 e. The summed E-state index contributed by atoms with van der Waals surface area (Å²) in [4.78, 5) is 26.8. The minimum Gasteiger partial charge on any atom is -0.489 e. The van der Waals surface area contributed by atoms with E-state index in [0.29, 0.717) is 19.6 Å². The average Bonchev–Trinajstić information content (AvgIpc) is 3.18. The molecule has 0 N–H and O–H groups in total. The average molecular weight is 454 g/mol. The summed E-state index contributed by atoms with van der Waals surface area (Å²) in [6, 6.07) is 13.1. The van der Waals surface area contributed by atoms with Crippen LogP contribution < -0.4 is 4.74 Å². The molecule has 2 aromatic carbocycles. The SMILES string of the molecule is COC(=O)[C@H]1c2ccc(OCc3csc4ccccc34)cc2CCN1C(=O)OC(C)(C)C. The van der Waals surface area contributed by atoms with Gasteiger partial charge < -0.3 is 14.2 Å². The van der Waals surface area contributed by atoms with Crippen molar-refractivity contribution in [3.63, 3.8) is 0 Å². The predicted octanol–water partition coefficient (Wildman–Crippen LogP) is 5.49. The summed E-state index contributed by atoms with van der Waals surface area (Å²) in [6.07, 6.45) is 0.0731. The smallest absolute Gasteiger partial charge is 0.411 e. The number of ether oxygens (including phenoxy) is 3. The maximum absolute atomic E-state index is 12.7. The number of amides is 1. The molecule has 1 atom stereocenters. The van der Waals surface area contributed by atoms with E-state index < -0.39 is 23.7 Å². The van der Waals surface area contributed by atoms with E-state index in [0.717, 1.165) is 22.4 Å². The minimum atomic E-state index is -0.839. The second-order valence-electron chi connectivity index (χ2n) is 8.76. The number of thiophene rings is 1. The lowest BCUT2D eigenvalue weighted by Gasteiger charge is -2.36. The molecular formula is C25H27NO5S. The quantitative estimate of drug-likeness (QED) is 0.489. The standard InChI is InChI=1S/C25H27NO5S/c1-25(2,3)31-24(28)26-12-11-16-13-18(9-10-20(16)22(26)23(27)29-4)30-14-17-15-32-21-8-6-5-7-19(17)21/h5-10,13,15,22H,11-12,14H2,1-4H3/t22-/m1/s1. The molecule has 0 radical (unpaired) electrons. The van der Waals surface area contributed by atoms with Crippen molar-refractivity contribution in [2.75, 3.05) is 13.7 Å². The first-order chi connectivity index (χ1) is 15.3. The van der Waals surface area contributed by atoms with E-state index in [4.69, 9.17) is 14.2 Å². The highest BCUT2D eigenvalue weighted by Crippen LogP contribution is 2.35. The number of esters is 1. The third-order valence-electron chi connectivity index (χ3n) is 5.35. The van der Waals surface area contributed by atoms with Crippen LogP contribution in [0.15, 0.2) is 47.8 Å². The first-order valence-electron chi connectivity index (χ1n) is 10.5. The fourth-order valence-electron chi connectivity index (χ4n) is 3.88. The number of nitrogens with zero attached hydrogens (tertiary/aromatic N) is 1. The number of methoxy groups -OCH3 is 1. The number of rotatable bonds is 4. The van der Waals surface area contributed by atoms with Crippen molar-refractivity contribution in [2.45, 2.75) is 45.4 Å². The van der Waals surface area contributed by atoms with Gasteiger partial charge in [-0.1, -0.05) is 24.3 Å². The number of fused-ring (bicyclic) bond motifs is 2. The second-order valence-corrected chi connectivity index (χ2v) is 9.67. The predicted molar refractivity (Wildman–Crippen MR) is 124 cm³/mol. The normalized spacial score (nSPS) is 15.9. The molecule has 1 aromatic heterocycles. The zero-order chi connectivity index (χ0) is 22.9. The van der Waals surface area contributed by atoms with Crippen LogP contribution in [0, 0.1) is 0 Å². The summed E-state index contributed by atoms with van der Waals surface area (Å²) in [7, 11) is 1.33. The Morgan fingerprint density at radius 3 is 2.69 bits per heavy atom. The molecule has 7 heteroatoms. The van der Waals surface area contributed by atoms with Crippen molar-refractivity contribution in [2.24, 2.45) is 0 Å². The van der Waals surface area contributed by atoms with Crippen molar-refractivity contribution < 1.29 is 23.8 Å². The van der Waals surface area contributed by atoms with Crippen LogP contribution in [-0.4, -0.2) is 36.2 Å². The molecule has 2 heterocycles. The molecule has 32 heavy (non-hydrogen) atoms. The summed E-state index contributed by atoms with van der Waals surface area (Å²) in [5.74, 6) is 0.239. The van der Waals surface area contributed by atoms with Crippen LogP contribution in [0.5, 0.6) is 5.75 Å². The largest absolute Gasteiger partial charge is 0.489 e. The molecular weight excluding hydrogens is 426 g/mol. The zero-order valence-electron chi connectivity index (χ0n) is 18.7. The third kappa shape index (κ3) is 4.58. The van der Waals surface area contributed by atoms with Crippen molar-refractivity contribution in [1.29, 1.82) is 0 Å². The number of benzene rings is 2. The molecule has 6 nitrogen and oxygen atoms in total. The van der Waals surface area contributed by atoms with E-state index in [2.05, 4.69) is 17.5 Å². The van der Waals surface area contributed by atoms with Gasteiger partial charge in [-0.3, -0.25) is 4.90 Å². The summed E-state index contributed by atoms with van der Waals surface area (Å²) in [5.41, 5.74) is 2.20. The lowest BCUT2D eigenvalue weighted by atomic mass is 9.92. The lowest BCUT2D eigenvalue weighted by molar-refractivity contribution is -0.147. The Morgan fingerprint density at radius 1 is 1.16 bits per heavy atom. The molecule has 1 aliphatic rings. The zero-order valence-corrected chi connectivity index (χ0v) is 19.5. The molecule has 0 spiro atoms. The van der Waals surface area contributed by atoms with Gasteiger partial charge in [-0.05, 0) is 67.3 Å². The first-order valence-corrected chi connectivity index (χ1v) is 11.4. The molecule has 1 amide bonds. The Balaban J connectivity index is 1.55. The van der Waals surface area contributed by atoms with Crippen LogP contribution >= 0.6 is 11.3 Å². The number of hydrogen-bond donors (Lipinski definition) is 0. The van der Waals surface area contributed by atoms with Crippen LogP contribution in [0.1, 0.15) is 43.5 Å². The van der Waals surface area contributed by atoms with E-state index in [-0.39, 0.29) is 0 Å². The third-order valence-corrected chi connectivity index (χ3v) is 6.36. The minimum absolute atomic E-state index is 0.361. The van der Waals surface area contributed by atoms with Gasteiger partial charge in [-0.15, -0.1) is 11.3 Å². The van der Waals surface area contributed by atoms with Crippen LogP contribution in [0.4, 0.5) is 4.79 Å². The molecule has 3 aromatic rings. The van der Waals surface area contributed by atoms with Crippen LogP contribution in [-0.2, 0) is 27.3 Å². The molecule has 0 saturated carbocycles. The Labute approximate surface area is 191 Å². The Bertz CT molecular complexity index is 1150. The number of carbonyl (C=O) groups excluding carboxylic acids is 2. The van der Waals surface area contributed by atoms with Gasteiger partial charge in [-0.2, -0.15) is 0 Å². The molecule has 0 unspecified atom stereocenters. The lowest BCUT2D eigenvalue weighted by Crippen LogP contribution is -2.46. The Hall–Kier alpha value is -3.06. The monoisotopic (exact) mass is 453 g/mol. The summed E-state index contributed by atoms with van der Waals surface area (Å²) in [5, 5.41) is 3.32. The fourth-order valence-corrected chi connectivity index (χ4v) is 4.83. The van der Waals surface area contributed by atoms with E-state index in [1.807, 2.05) is 30.3 Å². The maximum atomic E-state index is 12.7. The molecule has 1 aliphatic heterocycles. The van der Waals surface area contributed by atoms with Crippen molar-refractivity contribution in [3.05, 3.63) is 64.5 Å². The summed E-state index contributed by atoms with van der Waals surface area (Å²) < 4.78 is 17.8. The fraction of sp³-hybridized carbons (Fsp3) is 0.360. The second kappa shape index (κ2) is 8.82. The molecule has 4 rings (SSSR count). The molecule has 0 fully saturated rings. The van der Waals surface area contributed by atoms with Crippen LogP contribution in [0.2, 0.25) is 0 Å². The number of hydrogen-bond acceptors (Lipinski definition) is 6. The molecule has 0 aliphatic carbocycles. The van der Waals surface area contributed by atoms with Gasteiger partial charge in [0.25, 0.3) is 0 Å². The van der Waals surface area contributed by atoms with Crippen molar-refractivity contribution in [1.82, 2.24) is 4.90 Å². The van der Waals surface area contributed by atoms with Gasteiger partial charge in [0, 0.05) is 16.8 Å². The number of carbonyl (C=O) groups is 2. The topological polar surface area (TPSA) is 65.1 Å². The molecule has 0 bridgehead atoms. The van der Waals surface area contributed by atoms with Crippen LogP contribution in [0.25, 0.3) is 10.1 Å². The Morgan fingerprint density at radius 2 is 1.94 bits per heavy atom. The Kier molecular flexibility index (Phi) is 6.11. The molecule has 0 saturated heterocycles. The van der Waals surface area contributed by atoms with E-state index >= 15 is 0 Å². The van der Waals surface area contributed by atoms with Gasteiger partial charge in [0.1, 0.15) is 18.0 Å². The highest BCUT2D eigenvalue weighted by molar-refractivity contribution is 7.17. The van der Waals surface area contributed by atoms with Crippen LogP contribution in [0.3, 0.4) is 0 Å². The van der Waals surface area contributed by atoms with Gasteiger partial charge >= 0.3 is 12.1 Å². The van der Waals surface area contributed by atoms with Gasteiger partial charge in [0.2, 0.25) is 0 Å². The van der Waals surface area contributed by atoms with Crippen molar-refractivity contribution in [3.8, 4) is 5.75 Å². The highest BCUT2D eigenvalue weighted by Gasteiger charge is 2.39. The summed E-state index contributed by atoms with van der Waals surface area (Å²) >= 11 is 1.70. The van der Waals surface area contributed by atoms with E-state index in [1.54, 1.807) is 32.1 Å². The van der Waals surface area contributed by atoms with Gasteiger partial charge in [-0.25, -0.2) is 9.59 Å². The van der Waals surface area contributed by atoms with E-state index in [1.165, 1.54) is 22.1 Å². The van der Waals surface area contributed by atoms with E-state index in [9.17, 15) is 9.59 Å². The van der Waals surface area contributed by atoms with Crippen molar-refractivity contribution >= 4 is 33.5 Å². The highest BCUT2D eigenvalue weighted by atomic mass is 32.1. The van der Waals surface area contributed by atoms with Gasteiger partial charge in [0.15, 0.2) is 6.04 Å². The first kappa shape index (κ1) is 22.1.